The molecule has 0 bridgehead atoms. The maximum atomic E-state index is 3.96. The maximum Gasteiger partial charge on any atom is 0.0697 e. The molecule has 0 aromatic heterocycles. The fourth-order valence-electron chi connectivity index (χ4n) is 1.44. The third-order valence-electron chi connectivity index (χ3n) is 2.26. The van der Waals surface area contributed by atoms with Crippen LogP contribution < -0.4 is 0 Å². The molecule has 68 valence electrons. The average molecular weight is 173 g/mol. The Morgan fingerprint density at radius 2 is 2.15 bits per heavy atom. The molecule has 0 radical (unpaired) electrons. The highest BCUT2D eigenvalue weighted by molar-refractivity contribution is 5.67. The van der Waals surface area contributed by atoms with E-state index in [1.807, 2.05) is 6.08 Å². The molecule has 1 rings (SSSR count). The predicted molar refractivity (Wildman–Crippen MR) is 59.9 cm³/mol. The van der Waals surface area contributed by atoms with E-state index in [1.54, 1.807) is 0 Å². The van der Waals surface area contributed by atoms with Crippen molar-refractivity contribution in [2.45, 2.75) is 20.3 Å². The van der Waals surface area contributed by atoms with E-state index in [2.05, 4.69) is 44.3 Å². The Hall–Kier alpha value is -1.37. The van der Waals surface area contributed by atoms with Crippen LogP contribution >= 0.6 is 0 Å². The van der Waals surface area contributed by atoms with Crippen LogP contribution in [0.3, 0.4) is 0 Å². The average Bonchev–Trinajstić information content (AvgIpc) is 2.17. The number of aryl methyl sites for hydroxylation is 2. The summed E-state index contributed by atoms with van der Waals surface area (Å²) in [5.74, 6) is 0. The SMILES string of the molecule is C=Cc1cc(CC)c(C)cc1N=C. The van der Waals surface area contributed by atoms with Crippen LogP contribution in [0.25, 0.3) is 6.08 Å². The zero-order valence-electron chi connectivity index (χ0n) is 8.30. The van der Waals surface area contributed by atoms with Gasteiger partial charge in [0.25, 0.3) is 0 Å². The van der Waals surface area contributed by atoms with Gasteiger partial charge in [0.05, 0.1) is 5.69 Å². The molecule has 0 aliphatic carbocycles. The Balaban J connectivity index is 3.34. The monoisotopic (exact) mass is 173 g/mol. The lowest BCUT2D eigenvalue weighted by Gasteiger charge is -2.07. The molecule has 0 aliphatic rings. The summed E-state index contributed by atoms with van der Waals surface area (Å²) < 4.78 is 0. The molecular weight excluding hydrogens is 158 g/mol. The molecule has 1 heteroatoms. The van der Waals surface area contributed by atoms with Gasteiger partial charge in [-0.1, -0.05) is 19.6 Å². The summed E-state index contributed by atoms with van der Waals surface area (Å²) in [6.45, 7) is 11.5. The fourth-order valence-corrected chi connectivity index (χ4v) is 1.44. The maximum absolute atomic E-state index is 3.96. The van der Waals surface area contributed by atoms with Gasteiger partial charge in [-0.3, -0.25) is 4.99 Å². The number of benzene rings is 1. The second kappa shape index (κ2) is 4.04. The first-order chi connectivity index (χ1) is 6.22. The number of hydrogen-bond acceptors (Lipinski definition) is 1. The highest BCUT2D eigenvalue weighted by atomic mass is 14.7. The smallest absolute Gasteiger partial charge is 0.0697 e. The Labute approximate surface area is 79.8 Å². The molecule has 0 saturated carbocycles. The molecule has 0 saturated heterocycles. The van der Waals surface area contributed by atoms with Gasteiger partial charge in [0.2, 0.25) is 0 Å². The van der Waals surface area contributed by atoms with Crippen molar-refractivity contribution in [2.75, 3.05) is 0 Å². The van der Waals surface area contributed by atoms with Crippen LogP contribution in [0.2, 0.25) is 0 Å². The minimum Gasteiger partial charge on any atom is -0.264 e. The second-order valence-corrected chi connectivity index (χ2v) is 3.05. The molecule has 1 nitrogen and oxygen atoms in total. The van der Waals surface area contributed by atoms with E-state index < -0.39 is 0 Å². The predicted octanol–water partition coefficient (Wildman–Crippen LogP) is 3.53. The highest BCUT2D eigenvalue weighted by Crippen LogP contribution is 2.24. The Morgan fingerprint density at radius 3 is 2.62 bits per heavy atom. The first-order valence-corrected chi connectivity index (χ1v) is 4.45. The number of aliphatic imine (C=N–C) groups is 1. The minimum atomic E-state index is 0.921. The van der Waals surface area contributed by atoms with Crippen LogP contribution in [-0.4, -0.2) is 6.72 Å². The fraction of sp³-hybridized carbons (Fsp3) is 0.250. The van der Waals surface area contributed by atoms with E-state index in [0.29, 0.717) is 0 Å². The van der Waals surface area contributed by atoms with E-state index in [1.165, 1.54) is 11.1 Å². The summed E-state index contributed by atoms with van der Waals surface area (Å²) in [5.41, 5.74) is 4.61. The standard InChI is InChI=1S/C12H15N/c1-5-10-8-11(6-2)12(13-4)7-9(10)3/h6-8H,2,4-5H2,1,3H3. The Morgan fingerprint density at radius 1 is 1.46 bits per heavy atom. The van der Waals surface area contributed by atoms with Gasteiger partial charge < -0.3 is 0 Å². The Bertz CT molecular complexity index is 337. The van der Waals surface area contributed by atoms with E-state index in [9.17, 15) is 0 Å². The van der Waals surface area contributed by atoms with Gasteiger partial charge >= 0.3 is 0 Å². The van der Waals surface area contributed by atoms with Crippen LogP contribution in [-0.2, 0) is 6.42 Å². The lowest BCUT2D eigenvalue weighted by atomic mass is 10.0. The molecule has 0 atom stereocenters. The van der Waals surface area contributed by atoms with Gasteiger partial charge in [0.15, 0.2) is 0 Å². The summed E-state index contributed by atoms with van der Waals surface area (Å²) in [4.78, 5) is 3.96. The van der Waals surface area contributed by atoms with Gasteiger partial charge in [-0.25, -0.2) is 0 Å². The third kappa shape index (κ3) is 1.86. The first kappa shape index (κ1) is 9.72. The summed E-state index contributed by atoms with van der Waals surface area (Å²) in [6, 6.07) is 4.19. The van der Waals surface area contributed by atoms with E-state index in [-0.39, 0.29) is 0 Å². The lowest BCUT2D eigenvalue weighted by Crippen LogP contribution is -1.88. The number of rotatable bonds is 3. The van der Waals surface area contributed by atoms with Crippen molar-refractivity contribution in [1.82, 2.24) is 0 Å². The van der Waals surface area contributed by atoms with Gasteiger partial charge in [-0.15, -0.1) is 0 Å². The van der Waals surface area contributed by atoms with Gasteiger partial charge in [0, 0.05) is 0 Å². The zero-order chi connectivity index (χ0) is 9.84. The van der Waals surface area contributed by atoms with E-state index in [4.69, 9.17) is 0 Å². The van der Waals surface area contributed by atoms with Crippen LogP contribution in [0, 0.1) is 6.92 Å². The van der Waals surface area contributed by atoms with E-state index in [0.717, 1.165) is 17.7 Å². The number of hydrogen-bond donors (Lipinski definition) is 0. The molecule has 0 heterocycles. The van der Waals surface area contributed by atoms with Gasteiger partial charge in [0.1, 0.15) is 0 Å². The van der Waals surface area contributed by atoms with Crippen molar-refractivity contribution in [1.29, 1.82) is 0 Å². The molecule has 0 unspecified atom stereocenters. The summed E-state index contributed by atoms with van der Waals surface area (Å²) in [6.07, 6.45) is 2.87. The first-order valence-electron chi connectivity index (χ1n) is 4.45. The van der Waals surface area contributed by atoms with Crippen LogP contribution in [0.5, 0.6) is 0 Å². The van der Waals surface area contributed by atoms with Gasteiger partial charge in [-0.2, -0.15) is 0 Å². The van der Waals surface area contributed by atoms with Crippen molar-refractivity contribution < 1.29 is 0 Å². The summed E-state index contributed by atoms with van der Waals surface area (Å²) >= 11 is 0. The molecule has 0 spiro atoms. The second-order valence-electron chi connectivity index (χ2n) is 3.05. The molecule has 1 aromatic rings. The highest BCUT2D eigenvalue weighted by Gasteiger charge is 2.01. The number of nitrogens with zero attached hydrogens (tertiary/aromatic N) is 1. The summed E-state index contributed by atoms with van der Waals surface area (Å²) in [7, 11) is 0. The van der Waals surface area contributed by atoms with E-state index >= 15 is 0 Å². The molecule has 0 aliphatic heterocycles. The zero-order valence-corrected chi connectivity index (χ0v) is 8.30. The van der Waals surface area contributed by atoms with Crippen molar-refractivity contribution in [2.24, 2.45) is 4.99 Å². The molecule has 1 aromatic carbocycles. The van der Waals surface area contributed by atoms with Crippen molar-refractivity contribution in [3.8, 4) is 0 Å². The van der Waals surface area contributed by atoms with Crippen molar-refractivity contribution in [3.63, 3.8) is 0 Å². The largest absolute Gasteiger partial charge is 0.264 e. The quantitative estimate of drug-likeness (QED) is 0.620. The van der Waals surface area contributed by atoms with Gasteiger partial charge in [-0.05, 0) is 48.9 Å². The molecule has 13 heavy (non-hydrogen) atoms. The Kier molecular flexibility index (Phi) is 3.02. The topological polar surface area (TPSA) is 12.4 Å². The minimum absolute atomic E-state index is 0.921. The molecule has 0 fully saturated rings. The molecular formula is C12H15N. The lowest BCUT2D eigenvalue weighted by molar-refractivity contribution is 1.11. The van der Waals surface area contributed by atoms with Crippen LogP contribution in [0.1, 0.15) is 23.6 Å². The molecule has 0 amide bonds. The summed E-state index contributed by atoms with van der Waals surface area (Å²) in [5, 5.41) is 0. The van der Waals surface area contributed by atoms with Crippen molar-refractivity contribution >= 4 is 18.5 Å². The normalized spacial score (nSPS) is 9.69. The van der Waals surface area contributed by atoms with Crippen molar-refractivity contribution in [3.05, 3.63) is 35.4 Å². The van der Waals surface area contributed by atoms with Crippen LogP contribution in [0.4, 0.5) is 5.69 Å². The van der Waals surface area contributed by atoms with Crippen LogP contribution in [0.15, 0.2) is 23.7 Å². The molecule has 0 N–H and O–H groups in total. The third-order valence-corrected chi connectivity index (χ3v) is 2.26.